The third-order valence-electron chi connectivity index (χ3n) is 3.86. The highest BCUT2D eigenvalue weighted by atomic mass is 16.1. The third-order valence-corrected chi connectivity index (χ3v) is 3.86. The Labute approximate surface area is 117 Å². The molecule has 2 atom stereocenters. The van der Waals surface area contributed by atoms with Crippen molar-refractivity contribution in [3.05, 3.63) is 42.2 Å². The first-order chi connectivity index (χ1) is 9.65. The van der Waals surface area contributed by atoms with Crippen molar-refractivity contribution in [1.82, 2.24) is 14.9 Å². The number of nitrogens with two attached hydrogens (primary N) is 1. The van der Waals surface area contributed by atoms with Crippen molar-refractivity contribution < 1.29 is 4.79 Å². The summed E-state index contributed by atoms with van der Waals surface area (Å²) < 4.78 is 1.66. The number of hydrogen-bond donors (Lipinski definition) is 2. The first-order valence-electron chi connectivity index (χ1n) is 6.84. The fraction of sp³-hybridized carbons (Fsp3) is 0.333. The number of carbonyl (C=O) groups excluding carboxylic acids is 1. The van der Waals surface area contributed by atoms with Crippen molar-refractivity contribution in [1.29, 1.82) is 0 Å². The van der Waals surface area contributed by atoms with Crippen LogP contribution in [0.4, 0.5) is 5.69 Å². The molecule has 0 saturated carbocycles. The lowest BCUT2D eigenvalue weighted by Gasteiger charge is -2.26. The number of nitrogens with one attached hydrogen (secondary N) is 1. The fourth-order valence-electron chi connectivity index (χ4n) is 2.57. The highest BCUT2D eigenvalue weighted by Gasteiger charge is 2.22. The molecule has 3 rings (SSSR count). The minimum Gasteiger partial charge on any atom is -0.399 e. The molecule has 2 aromatic rings. The predicted molar refractivity (Wildman–Crippen MR) is 78.4 cm³/mol. The van der Waals surface area contributed by atoms with Gasteiger partial charge in [-0.15, -0.1) is 0 Å². The maximum Gasteiger partial charge on any atom is 0.255 e. The zero-order valence-corrected chi connectivity index (χ0v) is 11.4. The van der Waals surface area contributed by atoms with E-state index in [-0.39, 0.29) is 11.9 Å². The summed E-state index contributed by atoms with van der Waals surface area (Å²) in [6, 6.07) is 3.71. The van der Waals surface area contributed by atoms with E-state index in [4.69, 9.17) is 5.73 Å². The van der Waals surface area contributed by atoms with Gasteiger partial charge in [-0.3, -0.25) is 4.79 Å². The lowest BCUT2D eigenvalue weighted by Crippen LogP contribution is -2.40. The monoisotopic (exact) mass is 270 g/mol. The highest BCUT2D eigenvalue weighted by molar-refractivity contribution is 6.01. The Balaban J connectivity index is 1.85. The number of pyridine rings is 1. The second-order valence-electron chi connectivity index (χ2n) is 5.35. The first-order valence-corrected chi connectivity index (χ1v) is 6.84. The van der Waals surface area contributed by atoms with E-state index >= 15 is 0 Å². The predicted octanol–water partition coefficient (Wildman–Crippen LogP) is 2.00. The molecule has 2 heterocycles. The van der Waals surface area contributed by atoms with E-state index in [1.807, 2.05) is 0 Å². The molecule has 3 N–H and O–H groups in total. The molecule has 2 aromatic heterocycles. The Morgan fingerprint density at radius 1 is 1.45 bits per heavy atom. The second kappa shape index (κ2) is 5.00. The molecule has 0 spiro atoms. The van der Waals surface area contributed by atoms with Gasteiger partial charge in [-0.2, -0.15) is 5.10 Å². The molecule has 20 heavy (non-hydrogen) atoms. The van der Waals surface area contributed by atoms with Gasteiger partial charge in [0, 0.05) is 17.9 Å². The van der Waals surface area contributed by atoms with Gasteiger partial charge in [0.2, 0.25) is 0 Å². The van der Waals surface area contributed by atoms with Gasteiger partial charge in [-0.1, -0.05) is 19.1 Å². The molecule has 5 heteroatoms. The number of fused-ring (bicyclic) bond motifs is 1. The number of rotatable bonds is 2. The average molecular weight is 270 g/mol. The maximum absolute atomic E-state index is 12.4. The largest absolute Gasteiger partial charge is 0.399 e. The van der Waals surface area contributed by atoms with Crippen molar-refractivity contribution >= 4 is 17.1 Å². The topological polar surface area (TPSA) is 72.4 Å². The number of carbonyl (C=O) groups is 1. The van der Waals surface area contributed by atoms with Gasteiger partial charge in [0.1, 0.15) is 0 Å². The zero-order valence-electron chi connectivity index (χ0n) is 11.4. The number of hydrogen-bond acceptors (Lipinski definition) is 3. The highest BCUT2D eigenvalue weighted by Crippen LogP contribution is 2.20. The summed E-state index contributed by atoms with van der Waals surface area (Å²) in [5.74, 6) is 0.369. The quantitative estimate of drug-likeness (QED) is 0.820. The zero-order chi connectivity index (χ0) is 14.1. The number of amides is 1. The standard InChI is InChI=1S/C15H18N4O/c1-10-4-2-3-5-13(10)18-15(20)12-9-17-19-7-6-11(16)8-14(12)19/h2-3,6-10,13H,4-5,16H2,1H3,(H,18,20)/t10-,13-/m0/s1. The van der Waals surface area contributed by atoms with Crippen LogP contribution in [0.3, 0.4) is 0 Å². The molecule has 0 aliphatic heterocycles. The minimum atomic E-state index is -0.0854. The SMILES string of the molecule is C[C@H]1CC=CC[C@@H]1NC(=O)c1cnn2ccc(N)cc12. The molecule has 0 saturated heterocycles. The van der Waals surface area contributed by atoms with Gasteiger partial charge in [0.05, 0.1) is 17.3 Å². The summed E-state index contributed by atoms with van der Waals surface area (Å²) in [6.07, 6.45) is 9.53. The van der Waals surface area contributed by atoms with Gasteiger partial charge in [-0.25, -0.2) is 4.52 Å². The molecule has 1 aliphatic rings. The summed E-state index contributed by atoms with van der Waals surface area (Å²) in [4.78, 5) is 12.4. The van der Waals surface area contributed by atoms with Gasteiger partial charge in [-0.05, 0) is 30.9 Å². The molecular weight excluding hydrogens is 252 g/mol. The molecular formula is C15H18N4O. The average Bonchev–Trinajstić information content (AvgIpc) is 2.84. The molecule has 1 aliphatic carbocycles. The van der Waals surface area contributed by atoms with Gasteiger partial charge < -0.3 is 11.1 Å². The van der Waals surface area contributed by atoms with Gasteiger partial charge in [0.15, 0.2) is 0 Å². The molecule has 0 aromatic carbocycles. The van der Waals surface area contributed by atoms with Crippen molar-refractivity contribution in [2.75, 3.05) is 5.73 Å². The van der Waals surface area contributed by atoms with Crippen LogP contribution in [0.15, 0.2) is 36.7 Å². The molecule has 5 nitrogen and oxygen atoms in total. The van der Waals surface area contributed by atoms with E-state index < -0.39 is 0 Å². The summed E-state index contributed by atoms with van der Waals surface area (Å²) in [5.41, 5.74) is 7.71. The van der Waals surface area contributed by atoms with Crippen molar-refractivity contribution in [3.63, 3.8) is 0 Å². The molecule has 0 unspecified atom stereocenters. The van der Waals surface area contributed by atoms with Crippen LogP contribution in [0.5, 0.6) is 0 Å². The number of nitrogen functional groups attached to an aromatic ring is 1. The van der Waals surface area contributed by atoms with E-state index in [1.54, 1.807) is 29.0 Å². The second-order valence-corrected chi connectivity index (χ2v) is 5.35. The Bertz CT molecular complexity index is 674. The molecule has 0 fully saturated rings. The molecule has 104 valence electrons. The van der Waals surface area contributed by atoms with Crippen LogP contribution in [-0.2, 0) is 0 Å². The Morgan fingerprint density at radius 3 is 3.05 bits per heavy atom. The van der Waals surface area contributed by atoms with E-state index in [1.165, 1.54) is 0 Å². The summed E-state index contributed by atoms with van der Waals surface area (Å²) >= 11 is 0. The van der Waals surface area contributed by atoms with Crippen LogP contribution in [0, 0.1) is 5.92 Å². The Hall–Kier alpha value is -2.30. The summed E-state index contributed by atoms with van der Waals surface area (Å²) in [7, 11) is 0. The lowest BCUT2D eigenvalue weighted by atomic mass is 9.90. The molecule has 1 amide bonds. The minimum absolute atomic E-state index is 0.0854. The fourth-order valence-corrected chi connectivity index (χ4v) is 2.57. The first kappa shape index (κ1) is 12.7. The number of aromatic nitrogens is 2. The smallest absolute Gasteiger partial charge is 0.255 e. The normalized spacial score (nSPS) is 22.1. The van der Waals surface area contributed by atoms with E-state index in [0.29, 0.717) is 17.2 Å². The summed E-state index contributed by atoms with van der Waals surface area (Å²) in [5, 5.41) is 7.28. The third kappa shape index (κ3) is 2.27. The van der Waals surface area contributed by atoms with Crippen LogP contribution in [0.2, 0.25) is 0 Å². The number of anilines is 1. The van der Waals surface area contributed by atoms with Crippen LogP contribution in [-0.4, -0.2) is 21.6 Å². The number of allylic oxidation sites excluding steroid dienone is 1. The van der Waals surface area contributed by atoms with Crippen LogP contribution in [0.1, 0.15) is 30.1 Å². The van der Waals surface area contributed by atoms with Crippen molar-refractivity contribution in [2.45, 2.75) is 25.8 Å². The van der Waals surface area contributed by atoms with Crippen molar-refractivity contribution in [2.24, 2.45) is 5.92 Å². The molecule has 0 bridgehead atoms. The lowest BCUT2D eigenvalue weighted by molar-refractivity contribution is 0.0925. The van der Waals surface area contributed by atoms with E-state index in [9.17, 15) is 4.79 Å². The van der Waals surface area contributed by atoms with Gasteiger partial charge >= 0.3 is 0 Å². The van der Waals surface area contributed by atoms with E-state index in [2.05, 4.69) is 29.5 Å². The van der Waals surface area contributed by atoms with Gasteiger partial charge in [0.25, 0.3) is 5.91 Å². The van der Waals surface area contributed by atoms with E-state index in [0.717, 1.165) is 18.4 Å². The Morgan fingerprint density at radius 2 is 2.25 bits per heavy atom. The van der Waals surface area contributed by atoms with Crippen LogP contribution >= 0.6 is 0 Å². The van der Waals surface area contributed by atoms with Crippen molar-refractivity contribution in [3.8, 4) is 0 Å². The Kier molecular flexibility index (Phi) is 3.18. The number of nitrogens with zero attached hydrogens (tertiary/aromatic N) is 2. The van der Waals surface area contributed by atoms with Crippen LogP contribution in [0.25, 0.3) is 5.52 Å². The summed E-state index contributed by atoms with van der Waals surface area (Å²) in [6.45, 7) is 2.16. The van der Waals surface area contributed by atoms with Crippen LogP contribution < -0.4 is 11.1 Å². The maximum atomic E-state index is 12.4. The molecule has 0 radical (unpaired) electrons.